The zero-order valence-electron chi connectivity index (χ0n) is 34.5. The second kappa shape index (κ2) is 21.7. The third kappa shape index (κ3) is 11.5. The molecule has 0 radical (unpaired) electrons. The van der Waals surface area contributed by atoms with E-state index in [1.165, 1.54) is 83.1 Å². The summed E-state index contributed by atoms with van der Waals surface area (Å²) in [6.45, 7) is 5.36. The Morgan fingerprint density at radius 2 is 1.26 bits per heavy atom. The van der Waals surface area contributed by atoms with Gasteiger partial charge in [-0.25, -0.2) is 8.78 Å². The molecule has 4 heterocycles. The number of hydrogen-bond donors (Lipinski definition) is 4. The molecule has 10 nitrogen and oxygen atoms in total. The molecule has 4 N–H and O–H groups in total. The lowest BCUT2D eigenvalue weighted by molar-refractivity contribution is -0.138. The molecule has 62 heavy (non-hydrogen) atoms. The summed E-state index contributed by atoms with van der Waals surface area (Å²) in [6, 6.07) is 17.0. The minimum Gasteiger partial charge on any atom is -0.492 e. The fourth-order valence-electron chi connectivity index (χ4n) is 8.58. The van der Waals surface area contributed by atoms with Gasteiger partial charge in [0.25, 0.3) is 0 Å². The number of carboxylic acids is 2. The van der Waals surface area contributed by atoms with Crippen molar-refractivity contribution >= 4 is 54.8 Å². The van der Waals surface area contributed by atoms with Crippen molar-refractivity contribution in [1.82, 2.24) is 10.6 Å². The van der Waals surface area contributed by atoms with Crippen molar-refractivity contribution in [2.75, 3.05) is 32.8 Å². The van der Waals surface area contributed by atoms with E-state index >= 15 is 0 Å². The summed E-state index contributed by atoms with van der Waals surface area (Å²) in [5.41, 5.74) is 5.18. The second-order valence-electron chi connectivity index (χ2n) is 16.0. The summed E-state index contributed by atoms with van der Waals surface area (Å²) in [5.74, 6) is -0.577. The molecule has 0 bridgehead atoms. The van der Waals surface area contributed by atoms with Gasteiger partial charge in [-0.2, -0.15) is 0 Å². The summed E-state index contributed by atoms with van der Waals surface area (Å²) in [7, 11) is 0. The predicted octanol–water partition coefficient (Wildman–Crippen LogP) is 11.2. The highest BCUT2D eigenvalue weighted by molar-refractivity contribution is 9.10. The first-order valence-corrected chi connectivity index (χ1v) is 23.0. The first kappa shape index (κ1) is 45.5. The SMILES string of the molecule is C1CCNCC1.C1CCNCC1.O=C(O)C[C@@H]1COc2cc(O[C@@H]3CCc4c(Br)ccc(F)c43)ccc21.O=C(O)Cc1coc2cc(O[C@@H]3CCc4c(Br)ccc(F)c43)ccc12. The van der Waals surface area contributed by atoms with Crippen LogP contribution in [0.4, 0.5) is 8.78 Å². The van der Waals surface area contributed by atoms with Crippen molar-refractivity contribution < 1.29 is 47.2 Å². The lowest BCUT2D eigenvalue weighted by Crippen LogP contribution is -2.21. The third-order valence-corrected chi connectivity index (χ3v) is 13.2. The van der Waals surface area contributed by atoms with Gasteiger partial charge in [0, 0.05) is 54.6 Å². The van der Waals surface area contributed by atoms with Crippen LogP contribution in [0.15, 0.2) is 80.3 Å². The number of nitrogens with one attached hydrogen (secondary N) is 2. The van der Waals surface area contributed by atoms with Gasteiger partial charge in [-0.3, -0.25) is 9.59 Å². The van der Waals surface area contributed by atoms with Gasteiger partial charge in [0.1, 0.15) is 46.7 Å². The van der Waals surface area contributed by atoms with Crippen LogP contribution in [-0.2, 0) is 28.9 Å². The Bertz CT molecular complexity index is 2310. The molecule has 0 saturated carbocycles. The van der Waals surface area contributed by atoms with Gasteiger partial charge >= 0.3 is 11.9 Å². The monoisotopic (exact) mass is 980 g/mol. The van der Waals surface area contributed by atoms with Gasteiger partial charge in [0.2, 0.25) is 0 Å². The number of rotatable bonds is 8. The number of hydrogen-bond acceptors (Lipinski definition) is 8. The van der Waals surface area contributed by atoms with Crippen LogP contribution in [0.1, 0.15) is 109 Å². The summed E-state index contributed by atoms with van der Waals surface area (Å²) < 4.78 is 53.3. The van der Waals surface area contributed by atoms with E-state index < -0.39 is 11.9 Å². The molecular formula is C48H52Br2F2N2O8. The molecular weight excluding hydrogens is 930 g/mol. The Labute approximate surface area is 377 Å². The van der Waals surface area contributed by atoms with Gasteiger partial charge in [-0.1, -0.05) is 50.8 Å². The van der Waals surface area contributed by atoms with Crippen molar-refractivity contribution in [3.63, 3.8) is 0 Å². The van der Waals surface area contributed by atoms with Crippen LogP contribution in [-0.4, -0.2) is 54.9 Å². The molecule has 3 aliphatic heterocycles. The topological polar surface area (TPSA) is 139 Å². The number of halogens is 4. The molecule has 3 atom stereocenters. The maximum Gasteiger partial charge on any atom is 0.307 e. The molecule has 14 heteroatoms. The number of fused-ring (bicyclic) bond motifs is 4. The highest BCUT2D eigenvalue weighted by atomic mass is 79.9. The lowest BCUT2D eigenvalue weighted by Gasteiger charge is -2.16. The molecule has 5 aliphatic rings. The zero-order chi connectivity index (χ0) is 43.6. The Morgan fingerprint density at radius 3 is 1.76 bits per heavy atom. The van der Waals surface area contributed by atoms with E-state index in [1.54, 1.807) is 42.5 Å². The highest BCUT2D eigenvalue weighted by Gasteiger charge is 2.32. The lowest BCUT2D eigenvalue weighted by atomic mass is 9.98. The van der Waals surface area contributed by atoms with Crippen molar-refractivity contribution in [2.45, 2.75) is 95.2 Å². The standard InChI is InChI=1S/C19H16BrFO4.C19H14BrFO4.2C5H11N/c2*20-14-4-5-15(21)19-13(14)3-6-16(19)25-11-1-2-12-10(7-18(22)23)9-24-17(12)8-11;2*1-2-4-6-5-3-1/h1-2,4-5,8,10,16H,3,6-7,9H2,(H,22,23);1-2,4-5,8-9,16H,3,6-7H2,(H,22,23);2*6H,1-5H2/t10-,16-;16-;;/m11../s1. The van der Waals surface area contributed by atoms with Crippen LogP contribution in [0.5, 0.6) is 17.2 Å². The molecule has 0 spiro atoms. The van der Waals surface area contributed by atoms with Gasteiger partial charge in [-0.05, 0) is 131 Å². The maximum atomic E-state index is 14.2. The molecule has 2 saturated heterocycles. The van der Waals surface area contributed by atoms with Crippen molar-refractivity contribution in [2.24, 2.45) is 0 Å². The largest absolute Gasteiger partial charge is 0.492 e. The number of ether oxygens (including phenoxy) is 3. The Hall–Kier alpha value is -4.50. The summed E-state index contributed by atoms with van der Waals surface area (Å²) >= 11 is 6.94. The minimum absolute atomic E-state index is 0.0441. The quantitative estimate of drug-likeness (QED) is 0.119. The normalized spacial score (nSPS) is 19.5. The van der Waals surface area contributed by atoms with E-state index in [-0.39, 0.29) is 42.6 Å². The van der Waals surface area contributed by atoms with Crippen LogP contribution in [0.2, 0.25) is 0 Å². The Morgan fingerprint density at radius 1 is 0.710 bits per heavy atom. The van der Waals surface area contributed by atoms with Crippen LogP contribution in [0.25, 0.3) is 11.0 Å². The number of benzene rings is 4. The van der Waals surface area contributed by atoms with Crippen LogP contribution in [0, 0.1) is 11.6 Å². The molecule has 5 aromatic rings. The second-order valence-corrected chi connectivity index (χ2v) is 17.8. The zero-order valence-corrected chi connectivity index (χ0v) is 37.6. The average Bonchev–Trinajstić information content (AvgIpc) is 4.09. The number of furan rings is 1. The van der Waals surface area contributed by atoms with E-state index in [4.69, 9.17) is 28.8 Å². The predicted molar refractivity (Wildman–Crippen MR) is 240 cm³/mol. The van der Waals surface area contributed by atoms with Crippen LogP contribution in [0.3, 0.4) is 0 Å². The molecule has 10 rings (SSSR count). The van der Waals surface area contributed by atoms with E-state index in [0.29, 0.717) is 59.0 Å². The molecule has 2 fully saturated rings. The van der Waals surface area contributed by atoms with E-state index in [0.717, 1.165) is 43.9 Å². The van der Waals surface area contributed by atoms with Crippen LogP contribution >= 0.6 is 31.9 Å². The molecule has 0 amide bonds. The first-order valence-electron chi connectivity index (χ1n) is 21.4. The summed E-state index contributed by atoms with van der Waals surface area (Å²) in [5, 5.41) is 25.2. The van der Waals surface area contributed by atoms with Crippen LogP contribution < -0.4 is 24.8 Å². The fraction of sp³-hybridized carbons (Fsp3) is 0.417. The molecule has 4 aromatic carbocycles. The third-order valence-electron chi connectivity index (χ3n) is 11.7. The molecule has 1 aromatic heterocycles. The summed E-state index contributed by atoms with van der Waals surface area (Å²) in [4.78, 5) is 21.8. The average molecular weight is 983 g/mol. The Balaban J connectivity index is 0.000000147. The van der Waals surface area contributed by atoms with Gasteiger partial charge < -0.3 is 39.5 Å². The van der Waals surface area contributed by atoms with Crippen molar-refractivity contribution in [3.8, 4) is 17.2 Å². The number of piperidine rings is 2. The Kier molecular flexibility index (Phi) is 16.0. The fourth-order valence-corrected chi connectivity index (χ4v) is 9.67. The van der Waals surface area contributed by atoms with E-state index in [9.17, 15) is 18.4 Å². The number of aliphatic carboxylic acids is 2. The smallest absolute Gasteiger partial charge is 0.307 e. The van der Waals surface area contributed by atoms with Crippen molar-refractivity contribution in [3.05, 3.63) is 121 Å². The first-order chi connectivity index (χ1) is 30.0. The number of carboxylic acid groups (broad SMARTS) is 2. The molecule has 2 aliphatic carbocycles. The van der Waals surface area contributed by atoms with Gasteiger partial charge in [-0.15, -0.1) is 0 Å². The molecule has 0 unspecified atom stereocenters. The molecule has 330 valence electrons. The number of carbonyl (C=O) groups is 2. The van der Waals surface area contributed by atoms with Crippen molar-refractivity contribution in [1.29, 1.82) is 0 Å². The van der Waals surface area contributed by atoms with Gasteiger partial charge in [0.05, 0.1) is 25.7 Å². The van der Waals surface area contributed by atoms with Gasteiger partial charge in [0.15, 0.2) is 0 Å². The van der Waals surface area contributed by atoms with E-state index in [1.807, 2.05) is 6.07 Å². The maximum absolute atomic E-state index is 14.2. The highest BCUT2D eigenvalue weighted by Crippen LogP contribution is 2.44. The summed E-state index contributed by atoms with van der Waals surface area (Å²) in [6.07, 6.45) is 12.1. The van der Waals surface area contributed by atoms with E-state index in [2.05, 4.69) is 42.5 Å². The minimum atomic E-state index is -0.911.